The van der Waals surface area contributed by atoms with Crippen molar-refractivity contribution in [2.75, 3.05) is 32.8 Å². The van der Waals surface area contributed by atoms with E-state index in [0.29, 0.717) is 32.8 Å². The Balaban J connectivity index is 1.60. The van der Waals surface area contributed by atoms with Crippen LogP contribution in [0.2, 0.25) is 0 Å². The summed E-state index contributed by atoms with van der Waals surface area (Å²) < 4.78 is 44.4. The number of nitrogens with two attached hydrogens (primary N) is 1. The molecule has 1 atom stereocenters. The summed E-state index contributed by atoms with van der Waals surface area (Å²) in [4.78, 5) is 16.8. The predicted molar refractivity (Wildman–Crippen MR) is 132 cm³/mol. The number of hydrogen-bond donors (Lipinski definition) is 1. The van der Waals surface area contributed by atoms with Crippen LogP contribution < -0.4 is 10.5 Å². The Kier molecular flexibility index (Phi) is 8.17. The van der Waals surface area contributed by atoms with E-state index < -0.39 is 11.7 Å². The van der Waals surface area contributed by atoms with Crippen LogP contribution >= 0.6 is 0 Å². The van der Waals surface area contributed by atoms with Crippen molar-refractivity contribution in [2.45, 2.75) is 58.8 Å². The Bertz CT molecular complexity index is 1020. The summed E-state index contributed by atoms with van der Waals surface area (Å²) in [5.41, 5.74) is 8.82. The number of alkyl halides is 3. The van der Waals surface area contributed by atoms with E-state index in [2.05, 4.69) is 31.7 Å². The van der Waals surface area contributed by atoms with Gasteiger partial charge in [-0.25, -0.2) is 0 Å². The first kappa shape index (κ1) is 27.0. The van der Waals surface area contributed by atoms with Crippen LogP contribution in [0.5, 0.6) is 5.75 Å². The number of carbonyl (C=O) groups excluding carboxylic acids is 1. The van der Waals surface area contributed by atoms with Gasteiger partial charge in [0, 0.05) is 43.3 Å². The second-order valence-corrected chi connectivity index (χ2v) is 10.1. The van der Waals surface area contributed by atoms with Crippen LogP contribution in [0.25, 0.3) is 0 Å². The molecule has 0 saturated carbocycles. The van der Waals surface area contributed by atoms with Crippen molar-refractivity contribution >= 4 is 5.91 Å². The van der Waals surface area contributed by atoms with Crippen LogP contribution in [-0.4, -0.2) is 54.0 Å². The molecule has 35 heavy (non-hydrogen) atoms. The molecule has 0 unspecified atom stereocenters. The average Bonchev–Trinajstić information content (AvgIpc) is 2.80. The zero-order valence-electron chi connectivity index (χ0n) is 21.2. The molecule has 3 rings (SSSR count). The van der Waals surface area contributed by atoms with E-state index in [1.54, 1.807) is 4.90 Å². The third-order valence-corrected chi connectivity index (χ3v) is 6.84. The van der Waals surface area contributed by atoms with E-state index in [1.165, 1.54) is 23.3 Å². The van der Waals surface area contributed by atoms with Crippen LogP contribution in [-0.2, 0) is 6.18 Å². The van der Waals surface area contributed by atoms with E-state index in [0.717, 1.165) is 29.9 Å². The molecular formula is C27H36F3N3O2. The molecule has 1 aliphatic rings. The predicted octanol–water partition coefficient (Wildman–Crippen LogP) is 5.35. The van der Waals surface area contributed by atoms with Crippen molar-refractivity contribution in [1.29, 1.82) is 0 Å². The van der Waals surface area contributed by atoms with Gasteiger partial charge in [0.25, 0.3) is 5.91 Å². The highest BCUT2D eigenvalue weighted by Crippen LogP contribution is 2.32. The van der Waals surface area contributed by atoms with Crippen molar-refractivity contribution in [1.82, 2.24) is 9.80 Å². The minimum Gasteiger partial charge on any atom is -0.493 e. The molecule has 1 heterocycles. The SMILES string of the molecule is Cc1c(OCCC(C)(C)N)ccc([C@@H](C)N2CCN(C(=O)c3ccc(C(F)(F)F)cc3)CC2)c1C. The van der Waals surface area contributed by atoms with Gasteiger partial charge in [0.05, 0.1) is 12.2 Å². The standard InChI is InChI=1S/C27H36F3N3O2/c1-18-19(2)24(35-17-12-26(4,5)31)11-10-23(18)20(3)32-13-15-33(16-14-32)25(34)21-6-8-22(9-7-21)27(28,29)30/h6-11,20H,12-17,31H2,1-5H3/t20-/m1/s1. The van der Waals surface area contributed by atoms with Gasteiger partial charge in [0.2, 0.25) is 0 Å². The number of carbonyl (C=O) groups is 1. The molecule has 1 saturated heterocycles. The minimum absolute atomic E-state index is 0.161. The third-order valence-electron chi connectivity index (χ3n) is 6.84. The molecule has 0 aromatic heterocycles. The van der Waals surface area contributed by atoms with Gasteiger partial charge in [-0.3, -0.25) is 9.69 Å². The summed E-state index contributed by atoms with van der Waals surface area (Å²) in [5, 5.41) is 0. The van der Waals surface area contributed by atoms with Crippen LogP contribution in [0.3, 0.4) is 0 Å². The molecule has 2 aromatic carbocycles. The lowest BCUT2D eigenvalue weighted by Gasteiger charge is -2.39. The normalized spacial score (nSPS) is 16.3. The largest absolute Gasteiger partial charge is 0.493 e. The first-order valence-electron chi connectivity index (χ1n) is 12.0. The molecule has 8 heteroatoms. The third kappa shape index (κ3) is 6.76. The fraction of sp³-hybridized carbons (Fsp3) is 0.519. The smallest absolute Gasteiger partial charge is 0.416 e. The van der Waals surface area contributed by atoms with Crippen molar-refractivity contribution in [2.24, 2.45) is 5.73 Å². The van der Waals surface area contributed by atoms with Gasteiger partial charge in [-0.15, -0.1) is 0 Å². The number of piperazine rings is 1. The highest BCUT2D eigenvalue weighted by molar-refractivity contribution is 5.94. The highest BCUT2D eigenvalue weighted by atomic mass is 19.4. The highest BCUT2D eigenvalue weighted by Gasteiger charge is 2.31. The van der Waals surface area contributed by atoms with Crippen molar-refractivity contribution in [3.63, 3.8) is 0 Å². The van der Waals surface area contributed by atoms with Gasteiger partial charge in [-0.2, -0.15) is 13.2 Å². The Hall–Kier alpha value is -2.58. The van der Waals surface area contributed by atoms with Gasteiger partial charge >= 0.3 is 6.18 Å². The maximum absolute atomic E-state index is 12.8. The van der Waals surface area contributed by atoms with Gasteiger partial charge < -0.3 is 15.4 Å². The molecule has 5 nitrogen and oxygen atoms in total. The lowest BCUT2D eigenvalue weighted by Crippen LogP contribution is -2.49. The Morgan fingerprint density at radius 3 is 2.14 bits per heavy atom. The molecule has 0 bridgehead atoms. The summed E-state index contributed by atoms with van der Waals surface area (Å²) >= 11 is 0. The number of hydrogen-bond acceptors (Lipinski definition) is 4. The first-order valence-corrected chi connectivity index (χ1v) is 12.0. The maximum Gasteiger partial charge on any atom is 0.416 e. The maximum atomic E-state index is 12.8. The van der Waals surface area contributed by atoms with E-state index in [4.69, 9.17) is 10.5 Å². The second kappa shape index (κ2) is 10.6. The minimum atomic E-state index is -4.41. The van der Waals surface area contributed by atoms with Crippen LogP contribution in [0, 0.1) is 13.8 Å². The fourth-order valence-corrected chi connectivity index (χ4v) is 4.34. The van der Waals surface area contributed by atoms with Gasteiger partial charge in [0.15, 0.2) is 0 Å². The van der Waals surface area contributed by atoms with Crippen LogP contribution in [0.1, 0.15) is 65.8 Å². The average molecular weight is 492 g/mol. The number of amides is 1. The summed E-state index contributed by atoms with van der Waals surface area (Å²) in [6.07, 6.45) is -3.65. The summed E-state index contributed by atoms with van der Waals surface area (Å²) in [6, 6.07) is 8.71. The number of nitrogens with zero attached hydrogens (tertiary/aromatic N) is 2. The topological polar surface area (TPSA) is 58.8 Å². The molecule has 0 spiro atoms. The molecule has 0 aliphatic carbocycles. The Morgan fingerprint density at radius 2 is 1.60 bits per heavy atom. The van der Waals surface area contributed by atoms with Crippen molar-refractivity contribution in [3.05, 3.63) is 64.2 Å². The van der Waals surface area contributed by atoms with E-state index >= 15 is 0 Å². The lowest BCUT2D eigenvalue weighted by molar-refractivity contribution is -0.137. The van der Waals surface area contributed by atoms with Gasteiger partial charge in [0.1, 0.15) is 5.75 Å². The second-order valence-electron chi connectivity index (χ2n) is 10.1. The molecular weight excluding hydrogens is 455 g/mol. The quantitative estimate of drug-likeness (QED) is 0.568. The molecule has 0 radical (unpaired) electrons. The Labute approximate surface area is 206 Å². The molecule has 2 N–H and O–H groups in total. The number of halogens is 3. The zero-order valence-corrected chi connectivity index (χ0v) is 21.2. The summed E-state index contributed by atoms with van der Waals surface area (Å²) in [6.45, 7) is 13.3. The zero-order chi connectivity index (χ0) is 26.0. The lowest BCUT2D eigenvalue weighted by atomic mass is 9.96. The van der Waals surface area contributed by atoms with Crippen LogP contribution in [0.15, 0.2) is 36.4 Å². The molecule has 1 fully saturated rings. The van der Waals surface area contributed by atoms with E-state index in [9.17, 15) is 18.0 Å². The van der Waals surface area contributed by atoms with Crippen molar-refractivity contribution in [3.8, 4) is 5.75 Å². The van der Waals surface area contributed by atoms with Crippen LogP contribution in [0.4, 0.5) is 13.2 Å². The van der Waals surface area contributed by atoms with E-state index in [-0.39, 0.29) is 23.1 Å². The Morgan fingerprint density at radius 1 is 1.00 bits per heavy atom. The summed E-state index contributed by atoms with van der Waals surface area (Å²) in [5.74, 6) is 0.634. The van der Waals surface area contributed by atoms with Gasteiger partial charge in [-0.05, 0) is 88.1 Å². The molecule has 2 aromatic rings. The molecule has 192 valence electrons. The van der Waals surface area contributed by atoms with Crippen molar-refractivity contribution < 1.29 is 22.7 Å². The van der Waals surface area contributed by atoms with Gasteiger partial charge in [-0.1, -0.05) is 6.07 Å². The number of ether oxygens (including phenoxy) is 1. The summed E-state index contributed by atoms with van der Waals surface area (Å²) in [7, 11) is 0. The first-order chi connectivity index (χ1) is 16.3. The van der Waals surface area contributed by atoms with E-state index in [1.807, 2.05) is 19.9 Å². The number of rotatable bonds is 7. The molecule has 1 aliphatic heterocycles. The molecule has 1 amide bonds. The fourth-order valence-electron chi connectivity index (χ4n) is 4.34. The monoisotopic (exact) mass is 491 g/mol. The number of benzene rings is 2.